The van der Waals surface area contributed by atoms with Crippen molar-refractivity contribution >= 4 is 16.5 Å². The zero-order valence-corrected chi connectivity index (χ0v) is 10.9. The van der Waals surface area contributed by atoms with Crippen LogP contribution in [0.3, 0.4) is 0 Å². The van der Waals surface area contributed by atoms with Crippen LogP contribution in [0.25, 0.3) is 10.4 Å². The van der Waals surface area contributed by atoms with Gasteiger partial charge in [-0.05, 0) is 6.07 Å². The zero-order chi connectivity index (χ0) is 9.54. The molecule has 1 aliphatic rings. The molecule has 2 aromatic heterocycles. The van der Waals surface area contributed by atoms with Crippen molar-refractivity contribution in [3.8, 4) is 10.4 Å². The standard InChI is InChI=1S/C10H9N3S.HI/c11-10-13-8-4-3-7-6(9(8)14-10)2-1-5-12-7;/h1-2,5H,3-4H2,(H2,11,13);1H. The molecule has 0 aliphatic heterocycles. The van der Waals surface area contributed by atoms with E-state index in [1.54, 1.807) is 11.3 Å². The van der Waals surface area contributed by atoms with Gasteiger partial charge < -0.3 is 29.7 Å². The molecule has 2 heterocycles. The van der Waals surface area contributed by atoms with Gasteiger partial charge in [0, 0.05) is 18.9 Å². The van der Waals surface area contributed by atoms with E-state index in [2.05, 4.69) is 16.0 Å². The van der Waals surface area contributed by atoms with Crippen LogP contribution in [0, 0.1) is 0 Å². The van der Waals surface area contributed by atoms with E-state index in [1.807, 2.05) is 12.3 Å². The van der Waals surface area contributed by atoms with Crippen LogP contribution in [0.1, 0.15) is 11.4 Å². The molecule has 5 heteroatoms. The highest BCUT2D eigenvalue weighted by Crippen LogP contribution is 2.36. The average molecular weight is 331 g/mol. The number of aromatic amines is 1. The molecule has 2 aromatic rings. The molecular weight excluding hydrogens is 321 g/mol. The van der Waals surface area contributed by atoms with Gasteiger partial charge in [0.2, 0.25) is 0 Å². The van der Waals surface area contributed by atoms with Gasteiger partial charge in [0.1, 0.15) is 0 Å². The third-order valence-corrected chi connectivity index (χ3v) is 3.47. The van der Waals surface area contributed by atoms with Crippen molar-refractivity contribution in [3.63, 3.8) is 0 Å². The monoisotopic (exact) mass is 331 g/mol. The molecule has 78 valence electrons. The number of fused-ring (bicyclic) bond motifs is 3. The molecule has 3 N–H and O–H groups in total. The molecule has 0 amide bonds. The van der Waals surface area contributed by atoms with Crippen LogP contribution >= 0.6 is 11.3 Å². The minimum atomic E-state index is 0. The van der Waals surface area contributed by atoms with Crippen molar-refractivity contribution in [2.24, 2.45) is 0 Å². The maximum atomic E-state index is 5.71. The Balaban J connectivity index is 0.000000853. The first-order valence-electron chi connectivity index (χ1n) is 4.60. The van der Waals surface area contributed by atoms with Gasteiger partial charge in [-0.1, -0.05) is 11.3 Å². The number of hydrogen-bond acceptors (Lipinski definition) is 3. The number of H-pyrrole nitrogens is 1. The number of aromatic nitrogens is 2. The van der Waals surface area contributed by atoms with Gasteiger partial charge in [0.05, 0.1) is 16.1 Å². The summed E-state index contributed by atoms with van der Waals surface area (Å²) in [5.74, 6) is 0. The highest BCUT2D eigenvalue weighted by atomic mass is 127. The summed E-state index contributed by atoms with van der Waals surface area (Å²) >= 11 is 1.58. The lowest BCUT2D eigenvalue weighted by atomic mass is 9.99. The Labute approximate surface area is 109 Å². The van der Waals surface area contributed by atoms with Crippen molar-refractivity contribution in [1.82, 2.24) is 4.98 Å². The van der Waals surface area contributed by atoms with Gasteiger partial charge in [-0.25, -0.2) is 9.97 Å². The number of pyridine rings is 1. The number of nitrogens with zero attached hydrogens (tertiary/aromatic N) is 1. The first-order valence-corrected chi connectivity index (χ1v) is 5.41. The first kappa shape index (κ1) is 10.8. The highest BCUT2D eigenvalue weighted by molar-refractivity contribution is 7.18. The summed E-state index contributed by atoms with van der Waals surface area (Å²) in [5.41, 5.74) is 9.43. The van der Waals surface area contributed by atoms with E-state index in [-0.39, 0.29) is 24.0 Å². The predicted octanol–water partition coefficient (Wildman–Crippen LogP) is -1.69. The van der Waals surface area contributed by atoms with Crippen molar-refractivity contribution in [1.29, 1.82) is 0 Å². The maximum Gasteiger partial charge on any atom is 0.188 e. The van der Waals surface area contributed by atoms with Crippen molar-refractivity contribution in [2.75, 3.05) is 5.73 Å². The van der Waals surface area contributed by atoms with Crippen molar-refractivity contribution in [3.05, 3.63) is 29.7 Å². The summed E-state index contributed by atoms with van der Waals surface area (Å²) in [7, 11) is 0. The largest absolute Gasteiger partial charge is 1.00 e. The second-order valence-corrected chi connectivity index (χ2v) is 4.42. The minimum absolute atomic E-state index is 0. The lowest BCUT2D eigenvalue weighted by Crippen LogP contribution is -3.00. The molecule has 3 rings (SSSR count). The summed E-state index contributed by atoms with van der Waals surface area (Å²) in [6.07, 6.45) is 4.00. The number of nitrogens with two attached hydrogens (primary N) is 1. The van der Waals surface area contributed by atoms with E-state index < -0.39 is 0 Å². The molecule has 0 radical (unpaired) electrons. The van der Waals surface area contributed by atoms with Crippen LogP contribution in [0.5, 0.6) is 0 Å². The molecule has 0 saturated heterocycles. The predicted molar refractivity (Wildman–Crippen MR) is 55.9 cm³/mol. The highest BCUT2D eigenvalue weighted by Gasteiger charge is 2.23. The second kappa shape index (κ2) is 4.05. The Bertz CT molecular complexity index is 495. The SMILES string of the molecule is Nc1nc2c(s1)-c1ccc[nH+]c1CC2.[I-]. The smallest absolute Gasteiger partial charge is 0.188 e. The lowest BCUT2D eigenvalue weighted by molar-refractivity contribution is -0.389. The van der Waals surface area contributed by atoms with Gasteiger partial charge in [-0.3, -0.25) is 0 Å². The molecule has 0 saturated carbocycles. The Hall–Kier alpha value is -0.690. The number of nitrogen functional groups attached to an aromatic ring is 1. The molecule has 3 nitrogen and oxygen atoms in total. The maximum absolute atomic E-state index is 5.71. The van der Waals surface area contributed by atoms with Crippen LogP contribution in [0.4, 0.5) is 5.13 Å². The number of halogens is 1. The fourth-order valence-corrected chi connectivity index (χ4v) is 2.82. The van der Waals surface area contributed by atoms with Gasteiger partial charge >= 0.3 is 0 Å². The fraction of sp³-hybridized carbons (Fsp3) is 0.200. The quantitative estimate of drug-likeness (QED) is 0.586. The minimum Gasteiger partial charge on any atom is -1.00 e. The Morgan fingerprint density at radius 3 is 3.13 bits per heavy atom. The molecule has 0 fully saturated rings. The third kappa shape index (κ3) is 1.74. The van der Waals surface area contributed by atoms with Crippen LogP contribution < -0.4 is 34.7 Å². The van der Waals surface area contributed by atoms with Crippen molar-refractivity contribution in [2.45, 2.75) is 12.8 Å². The van der Waals surface area contributed by atoms with Gasteiger partial charge in [-0.15, -0.1) is 0 Å². The van der Waals surface area contributed by atoms with Gasteiger partial charge in [0.15, 0.2) is 17.0 Å². The van der Waals surface area contributed by atoms with E-state index in [0.29, 0.717) is 5.13 Å². The van der Waals surface area contributed by atoms with Crippen molar-refractivity contribution < 1.29 is 29.0 Å². The van der Waals surface area contributed by atoms with E-state index in [0.717, 1.165) is 18.5 Å². The number of rotatable bonds is 0. The van der Waals surface area contributed by atoms with E-state index in [9.17, 15) is 0 Å². The number of thiazole rings is 1. The molecule has 0 atom stereocenters. The van der Waals surface area contributed by atoms with E-state index in [4.69, 9.17) is 5.73 Å². The topological polar surface area (TPSA) is 53.0 Å². The molecule has 15 heavy (non-hydrogen) atoms. The van der Waals surface area contributed by atoms with E-state index >= 15 is 0 Å². The van der Waals surface area contributed by atoms with Crippen LogP contribution in [0.15, 0.2) is 18.3 Å². The average Bonchev–Trinajstić information content (AvgIpc) is 2.59. The van der Waals surface area contributed by atoms with E-state index in [1.165, 1.54) is 16.1 Å². The number of nitrogens with one attached hydrogen (secondary N) is 1. The summed E-state index contributed by atoms with van der Waals surface area (Å²) in [4.78, 5) is 8.85. The fourth-order valence-electron chi connectivity index (χ4n) is 1.88. The molecule has 1 aliphatic carbocycles. The summed E-state index contributed by atoms with van der Waals surface area (Å²) in [6, 6.07) is 4.14. The van der Waals surface area contributed by atoms with Crippen LogP contribution in [0.2, 0.25) is 0 Å². The zero-order valence-electron chi connectivity index (χ0n) is 7.96. The summed E-state index contributed by atoms with van der Waals surface area (Å²) < 4.78 is 0. The number of hydrogen-bond donors (Lipinski definition) is 1. The van der Waals surface area contributed by atoms with Gasteiger partial charge in [-0.2, -0.15) is 0 Å². The van der Waals surface area contributed by atoms with Crippen LogP contribution in [-0.4, -0.2) is 4.98 Å². The number of anilines is 1. The first-order chi connectivity index (χ1) is 6.84. The molecular formula is C10H10IN3S. The molecule has 0 aromatic carbocycles. The lowest BCUT2D eigenvalue weighted by Gasteiger charge is -2.08. The summed E-state index contributed by atoms with van der Waals surface area (Å²) in [6.45, 7) is 0. The Kier molecular flexibility index (Phi) is 2.92. The second-order valence-electron chi connectivity index (χ2n) is 3.39. The molecule has 0 spiro atoms. The Morgan fingerprint density at radius 1 is 1.40 bits per heavy atom. The number of aryl methyl sites for hydroxylation is 2. The van der Waals surface area contributed by atoms with Crippen LogP contribution in [-0.2, 0) is 12.8 Å². The molecule has 0 unspecified atom stereocenters. The van der Waals surface area contributed by atoms with Gasteiger partial charge in [0.25, 0.3) is 0 Å². The molecule has 0 bridgehead atoms. The summed E-state index contributed by atoms with van der Waals surface area (Å²) in [5, 5.41) is 0.673. The Morgan fingerprint density at radius 2 is 2.27 bits per heavy atom. The third-order valence-electron chi connectivity index (χ3n) is 2.51. The normalized spacial score (nSPS) is 12.5.